The lowest BCUT2D eigenvalue weighted by atomic mass is 9.90. The molecule has 0 bridgehead atoms. The molecule has 0 heterocycles. The number of aliphatic carboxylic acids is 1. The Hall–Kier alpha value is -2.87. The molecule has 0 atom stereocenters. The first-order valence-corrected chi connectivity index (χ1v) is 8.20. The van der Waals surface area contributed by atoms with Crippen LogP contribution in [0.25, 0.3) is 22.3 Å². The number of carbonyl (C=O) groups is 1. The highest BCUT2D eigenvalue weighted by Gasteiger charge is 2.10. The van der Waals surface area contributed by atoms with E-state index >= 15 is 0 Å². The molecule has 2 nitrogen and oxygen atoms in total. The zero-order chi connectivity index (χ0) is 16.8. The van der Waals surface area contributed by atoms with E-state index in [-0.39, 0.29) is 6.42 Å². The van der Waals surface area contributed by atoms with Crippen molar-refractivity contribution in [2.24, 2.45) is 0 Å². The van der Waals surface area contributed by atoms with E-state index in [2.05, 4.69) is 48.5 Å². The van der Waals surface area contributed by atoms with Crippen LogP contribution in [0.4, 0.5) is 0 Å². The van der Waals surface area contributed by atoms with Crippen molar-refractivity contribution in [2.75, 3.05) is 0 Å². The third-order valence-corrected chi connectivity index (χ3v) is 4.16. The highest BCUT2D eigenvalue weighted by Crippen LogP contribution is 2.34. The van der Waals surface area contributed by atoms with Crippen molar-refractivity contribution in [3.63, 3.8) is 0 Å². The van der Waals surface area contributed by atoms with Gasteiger partial charge in [-0.2, -0.15) is 0 Å². The van der Waals surface area contributed by atoms with Crippen molar-refractivity contribution in [2.45, 2.75) is 19.3 Å². The highest BCUT2D eigenvalue weighted by atomic mass is 16.4. The summed E-state index contributed by atoms with van der Waals surface area (Å²) in [6, 6.07) is 27.0. The Balaban J connectivity index is 2.00. The van der Waals surface area contributed by atoms with Crippen LogP contribution >= 0.6 is 0 Å². The number of benzene rings is 3. The first-order chi connectivity index (χ1) is 11.8. The molecule has 1 N–H and O–H groups in total. The van der Waals surface area contributed by atoms with Crippen LogP contribution in [-0.4, -0.2) is 11.1 Å². The molecule has 0 radical (unpaired) electrons. The number of carboxylic acid groups (broad SMARTS) is 1. The van der Waals surface area contributed by atoms with Crippen LogP contribution in [0, 0.1) is 0 Å². The summed E-state index contributed by atoms with van der Waals surface area (Å²) in [5, 5.41) is 8.87. The second kappa shape index (κ2) is 7.60. The van der Waals surface area contributed by atoms with E-state index < -0.39 is 5.97 Å². The first-order valence-electron chi connectivity index (χ1n) is 8.20. The van der Waals surface area contributed by atoms with E-state index in [1.54, 1.807) is 0 Å². The Kier molecular flexibility index (Phi) is 5.07. The molecule has 0 aliphatic heterocycles. The molecule has 0 aliphatic rings. The molecule has 24 heavy (non-hydrogen) atoms. The summed E-state index contributed by atoms with van der Waals surface area (Å²) in [7, 11) is 0. The van der Waals surface area contributed by atoms with Crippen LogP contribution in [0.5, 0.6) is 0 Å². The molecule has 120 valence electrons. The molecule has 0 aromatic heterocycles. The SMILES string of the molecule is O=C(O)CCCc1ccccc1-c1ccccc1-c1ccccc1. The van der Waals surface area contributed by atoms with Gasteiger partial charge in [0.2, 0.25) is 0 Å². The van der Waals surface area contributed by atoms with Gasteiger partial charge in [-0.15, -0.1) is 0 Å². The van der Waals surface area contributed by atoms with E-state index in [1.807, 2.05) is 30.3 Å². The van der Waals surface area contributed by atoms with Gasteiger partial charge in [0.25, 0.3) is 0 Å². The van der Waals surface area contributed by atoms with Crippen LogP contribution in [-0.2, 0) is 11.2 Å². The molecule has 0 aliphatic carbocycles. The van der Waals surface area contributed by atoms with Gasteiger partial charge in [-0.25, -0.2) is 0 Å². The summed E-state index contributed by atoms with van der Waals surface area (Å²) in [5.41, 5.74) is 5.95. The fraction of sp³-hybridized carbons (Fsp3) is 0.136. The number of rotatable bonds is 6. The minimum Gasteiger partial charge on any atom is -0.481 e. The predicted octanol–water partition coefficient (Wildman–Crippen LogP) is 5.43. The largest absolute Gasteiger partial charge is 0.481 e. The Labute approximate surface area is 142 Å². The molecule has 3 aromatic carbocycles. The maximum Gasteiger partial charge on any atom is 0.303 e. The summed E-state index contributed by atoms with van der Waals surface area (Å²) in [6.07, 6.45) is 1.63. The fourth-order valence-electron chi connectivity index (χ4n) is 3.02. The number of hydrogen-bond acceptors (Lipinski definition) is 1. The average Bonchev–Trinajstić information content (AvgIpc) is 2.63. The van der Waals surface area contributed by atoms with Crippen molar-refractivity contribution >= 4 is 5.97 Å². The molecule has 0 saturated heterocycles. The smallest absolute Gasteiger partial charge is 0.303 e. The molecule has 0 saturated carbocycles. The van der Waals surface area contributed by atoms with Crippen molar-refractivity contribution < 1.29 is 9.90 Å². The van der Waals surface area contributed by atoms with Crippen molar-refractivity contribution in [3.05, 3.63) is 84.4 Å². The summed E-state index contributed by atoms with van der Waals surface area (Å²) < 4.78 is 0. The maximum atomic E-state index is 10.8. The monoisotopic (exact) mass is 316 g/mol. The highest BCUT2D eigenvalue weighted by molar-refractivity contribution is 5.84. The summed E-state index contributed by atoms with van der Waals surface area (Å²) in [4.78, 5) is 10.8. The zero-order valence-electron chi connectivity index (χ0n) is 13.5. The van der Waals surface area contributed by atoms with Gasteiger partial charge in [0.15, 0.2) is 0 Å². The molecular formula is C22H20O2. The molecule has 3 aromatic rings. The second-order valence-corrected chi connectivity index (χ2v) is 5.82. The molecule has 0 unspecified atom stereocenters. The van der Waals surface area contributed by atoms with E-state index in [4.69, 9.17) is 5.11 Å². The number of carboxylic acids is 1. The van der Waals surface area contributed by atoms with Crippen LogP contribution in [0.15, 0.2) is 78.9 Å². The van der Waals surface area contributed by atoms with Gasteiger partial charge in [-0.05, 0) is 40.7 Å². The summed E-state index contributed by atoms with van der Waals surface area (Å²) >= 11 is 0. The quantitative estimate of drug-likeness (QED) is 0.658. The molecule has 2 heteroatoms. The molecule has 3 rings (SSSR count). The van der Waals surface area contributed by atoms with Gasteiger partial charge in [0, 0.05) is 6.42 Å². The minimum atomic E-state index is -0.739. The van der Waals surface area contributed by atoms with E-state index in [9.17, 15) is 4.79 Å². The summed E-state index contributed by atoms with van der Waals surface area (Å²) in [6.45, 7) is 0. The van der Waals surface area contributed by atoms with Gasteiger partial charge in [-0.3, -0.25) is 4.79 Å². The van der Waals surface area contributed by atoms with Crippen LogP contribution in [0.1, 0.15) is 18.4 Å². The third kappa shape index (κ3) is 3.72. The molecular weight excluding hydrogens is 296 g/mol. The zero-order valence-corrected chi connectivity index (χ0v) is 13.5. The third-order valence-electron chi connectivity index (χ3n) is 4.16. The fourth-order valence-corrected chi connectivity index (χ4v) is 3.02. The van der Waals surface area contributed by atoms with E-state index in [1.165, 1.54) is 27.8 Å². The van der Waals surface area contributed by atoms with Crippen LogP contribution in [0.3, 0.4) is 0 Å². The number of aryl methyl sites for hydroxylation is 1. The van der Waals surface area contributed by atoms with Gasteiger partial charge >= 0.3 is 5.97 Å². The van der Waals surface area contributed by atoms with Crippen LogP contribution < -0.4 is 0 Å². The second-order valence-electron chi connectivity index (χ2n) is 5.82. The van der Waals surface area contributed by atoms with Gasteiger partial charge in [0.05, 0.1) is 0 Å². The normalized spacial score (nSPS) is 10.5. The molecule has 0 fully saturated rings. The predicted molar refractivity (Wildman–Crippen MR) is 97.9 cm³/mol. The Bertz CT molecular complexity index is 822. The summed E-state index contributed by atoms with van der Waals surface area (Å²) in [5.74, 6) is -0.739. The Morgan fingerprint density at radius 3 is 2.00 bits per heavy atom. The topological polar surface area (TPSA) is 37.3 Å². The lowest BCUT2D eigenvalue weighted by Crippen LogP contribution is -1.97. The minimum absolute atomic E-state index is 0.203. The van der Waals surface area contributed by atoms with E-state index in [0.29, 0.717) is 6.42 Å². The average molecular weight is 316 g/mol. The lowest BCUT2D eigenvalue weighted by Gasteiger charge is -2.14. The first kappa shape index (κ1) is 16.0. The van der Waals surface area contributed by atoms with Gasteiger partial charge in [0.1, 0.15) is 0 Å². The van der Waals surface area contributed by atoms with Crippen LogP contribution in [0.2, 0.25) is 0 Å². The van der Waals surface area contributed by atoms with Crippen molar-refractivity contribution in [1.29, 1.82) is 0 Å². The van der Waals surface area contributed by atoms with Crippen molar-refractivity contribution in [3.8, 4) is 22.3 Å². The maximum absolute atomic E-state index is 10.8. The van der Waals surface area contributed by atoms with E-state index in [0.717, 1.165) is 6.42 Å². The Morgan fingerprint density at radius 2 is 1.29 bits per heavy atom. The Morgan fingerprint density at radius 1 is 0.708 bits per heavy atom. The van der Waals surface area contributed by atoms with Gasteiger partial charge in [-0.1, -0.05) is 78.9 Å². The van der Waals surface area contributed by atoms with Gasteiger partial charge < -0.3 is 5.11 Å². The van der Waals surface area contributed by atoms with Crippen molar-refractivity contribution in [1.82, 2.24) is 0 Å². The molecule has 0 spiro atoms. The standard InChI is InChI=1S/C22H20O2/c23-22(24)16-8-12-18-11-4-5-13-20(18)21-15-7-6-14-19(21)17-9-2-1-3-10-17/h1-7,9-11,13-15H,8,12,16H2,(H,23,24). The lowest BCUT2D eigenvalue weighted by molar-refractivity contribution is -0.137. The molecule has 0 amide bonds. The number of hydrogen-bond donors (Lipinski definition) is 1.